The maximum atomic E-state index is 13.0. The molecule has 1 amide bonds. The number of carbonyl (C=O) groups is 1. The van der Waals surface area contributed by atoms with Crippen molar-refractivity contribution in [2.45, 2.75) is 57.2 Å². The molecule has 2 aromatic carbocycles. The summed E-state index contributed by atoms with van der Waals surface area (Å²) >= 11 is 13.6. The number of amides is 1. The number of halogens is 5. The lowest BCUT2D eigenvalue weighted by Gasteiger charge is -2.33. The second kappa shape index (κ2) is 12.4. The molecule has 1 aromatic heterocycles. The summed E-state index contributed by atoms with van der Waals surface area (Å²) in [5.74, 6) is -0.848. The number of nitrogens with one attached hydrogen (secondary N) is 1. The van der Waals surface area contributed by atoms with Crippen molar-refractivity contribution in [2.75, 3.05) is 19.6 Å². The number of hydrogen-bond donors (Lipinski definition) is 1. The summed E-state index contributed by atoms with van der Waals surface area (Å²) in [4.78, 5) is 28.6. The largest absolute Gasteiger partial charge is 0.391 e. The molecule has 3 heterocycles. The Morgan fingerprint density at radius 3 is 2.41 bits per heavy atom. The Bertz CT molecular complexity index is 1580. The number of benzene rings is 2. The lowest BCUT2D eigenvalue weighted by Crippen LogP contribution is -2.42. The number of likely N-dealkylation sites (tertiary alicyclic amines) is 2. The molecule has 3 aliphatic rings. The van der Waals surface area contributed by atoms with E-state index in [1.54, 1.807) is 30.6 Å². The summed E-state index contributed by atoms with van der Waals surface area (Å²) in [6.07, 6.45) is 3.42. The van der Waals surface area contributed by atoms with Crippen molar-refractivity contribution < 1.29 is 18.0 Å². The zero-order chi connectivity index (χ0) is 31.0. The molecule has 2 atom stereocenters. The highest BCUT2D eigenvalue weighted by Gasteiger charge is 2.42. The smallest absolute Gasteiger partial charge is 0.356 e. The average molecular weight is 644 g/mol. The molecule has 2 fully saturated rings. The van der Waals surface area contributed by atoms with Crippen molar-refractivity contribution in [1.82, 2.24) is 19.8 Å². The van der Waals surface area contributed by atoms with E-state index < -0.39 is 12.1 Å². The van der Waals surface area contributed by atoms with Gasteiger partial charge in [-0.15, -0.1) is 0 Å². The average Bonchev–Trinajstić information content (AvgIpc) is 3.65. The SMILES string of the molecule is N#C/N=C1/C(Cc2c(Cl)cc(-c3ccc(C(=O)N4CCC(C(F)(F)F)CC4)cc3)cc2Cl)CCN1C1CCc2nc[nH]c2C1. The second-order valence-electron chi connectivity index (χ2n) is 11.8. The van der Waals surface area contributed by atoms with Crippen LogP contribution in [0.3, 0.4) is 0 Å². The molecular formula is C32H31Cl2F3N6O. The van der Waals surface area contributed by atoms with Gasteiger partial charge in [-0.25, -0.2) is 4.98 Å². The van der Waals surface area contributed by atoms with Crippen LogP contribution in [0.4, 0.5) is 13.2 Å². The number of nitriles is 1. The van der Waals surface area contributed by atoms with Gasteiger partial charge >= 0.3 is 6.18 Å². The Morgan fingerprint density at radius 2 is 1.75 bits per heavy atom. The Kier molecular flexibility index (Phi) is 8.62. The maximum Gasteiger partial charge on any atom is 0.391 e. The number of nitrogens with zero attached hydrogens (tertiary/aromatic N) is 5. The summed E-state index contributed by atoms with van der Waals surface area (Å²) in [7, 11) is 0. The number of H-pyrrole nitrogens is 1. The van der Waals surface area contributed by atoms with Gasteiger partial charge in [-0.1, -0.05) is 35.3 Å². The Balaban J connectivity index is 1.13. The van der Waals surface area contributed by atoms with Gasteiger partial charge in [0.05, 0.1) is 17.9 Å². The molecule has 3 aromatic rings. The third-order valence-electron chi connectivity index (χ3n) is 9.25. The standard InChI is InChI=1S/C32H31Cl2F3N6O/c33-26-14-22(19-1-3-20(4-2-19)31(44)42-10-8-23(9-11-42)32(35,36)37)15-27(34)25(26)13-21-7-12-43(30(21)39-17-38)24-5-6-28-29(16-24)41-18-40-28/h1-4,14-15,18,21,23-24H,5-13,16H2,(H,40,41)/b39-30-. The van der Waals surface area contributed by atoms with Crippen LogP contribution in [0, 0.1) is 23.3 Å². The normalized spacial score (nSPS) is 21.9. The number of fused-ring (bicyclic) bond motifs is 1. The minimum atomic E-state index is -4.22. The van der Waals surface area contributed by atoms with Crippen molar-refractivity contribution in [3.8, 4) is 17.3 Å². The highest BCUT2D eigenvalue weighted by Crippen LogP contribution is 2.38. The minimum Gasteiger partial charge on any atom is -0.356 e. The van der Waals surface area contributed by atoms with E-state index in [-0.39, 0.29) is 43.8 Å². The second-order valence-corrected chi connectivity index (χ2v) is 12.6. The number of aryl methyl sites for hydroxylation is 1. The monoisotopic (exact) mass is 642 g/mol. The molecule has 0 saturated carbocycles. The lowest BCUT2D eigenvalue weighted by atomic mass is 9.93. The van der Waals surface area contributed by atoms with Gasteiger partial charge in [0, 0.05) is 59.3 Å². The van der Waals surface area contributed by atoms with E-state index in [1.807, 2.05) is 18.3 Å². The summed E-state index contributed by atoms with van der Waals surface area (Å²) in [6, 6.07) is 10.9. The fourth-order valence-corrected chi connectivity index (χ4v) is 7.44. The van der Waals surface area contributed by atoms with Gasteiger partial charge < -0.3 is 14.8 Å². The van der Waals surface area contributed by atoms with Crippen LogP contribution >= 0.6 is 23.2 Å². The molecule has 44 heavy (non-hydrogen) atoms. The van der Waals surface area contributed by atoms with Crippen LogP contribution in [0.15, 0.2) is 47.7 Å². The third kappa shape index (κ3) is 6.18. The molecule has 0 radical (unpaired) electrons. The number of imidazole rings is 1. The number of rotatable bonds is 5. The zero-order valence-corrected chi connectivity index (χ0v) is 25.4. The van der Waals surface area contributed by atoms with Gasteiger partial charge in [0.15, 0.2) is 0 Å². The molecule has 0 bridgehead atoms. The van der Waals surface area contributed by atoms with Crippen molar-refractivity contribution >= 4 is 34.9 Å². The van der Waals surface area contributed by atoms with Crippen molar-refractivity contribution in [3.05, 3.63) is 75.3 Å². The van der Waals surface area contributed by atoms with Crippen LogP contribution in [0.25, 0.3) is 11.1 Å². The number of aromatic nitrogens is 2. The molecule has 2 aliphatic heterocycles. The van der Waals surface area contributed by atoms with Gasteiger partial charge in [-0.3, -0.25) is 4.79 Å². The number of amidine groups is 1. The van der Waals surface area contributed by atoms with Crippen LogP contribution in [0.1, 0.15) is 53.0 Å². The van der Waals surface area contributed by atoms with Crippen LogP contribution in [0.2, 0.25) is 10.0 Å². The molecule has 2 saturated heterocycles. The fraction of sp³-hybridized carbons (Fsp3) is 0.438. The van der Waals surface area contributed by atoms with E-state index >= 15 is 0 Å². The Morgan fingerprint density at radius 1 is 1.05 bits per heavy atom. The van der Waals surface area contributed by atoms with Crippen molar-refractivity contribution in [2.24, 2.45) is 16.8 Å². The molecule has 1 N–H and O–H groups in total. The first-order valence-electron chi connectivity index (χ1n) is 14.8. The van der Waals surface area contributed by atoms with E-state index in [0.29, 0.717) is 22.0 Å². The predicted octanol–water partition coefficient (Wildman–Crippen LogP) is 7.10. The summed E-state index contributed by atoms with van der Waals surface area (Å²) in [6.45, 7) is 0.976. The molecule has 1 aliphatic carbocycles. The Labute approximate surface area is 263 Å². The summed E-state index contributed by atoms with van der Waals surface area (Å²) in [5.41, 5.74) is 5.06. The van der Waals surface area contributed by atoms with Crippen molar-refractivity contribution in [1.29, 1.82) is 5.26 Å². The molecular weight excluding hydrogens is 612 g/mol. The molecule has 2 unspecified atom stereocenters. The van der Waals surface area contributed by atoms with Crippen LogP contribution < -0.4 is 0 Å². The van der Waals surface area contributed by atoms with E-state index in [0.717, 1.165) is 66.1 Å². The molecule has 12 heteroatoms. The number of aliphatic imine (C=N–C) groups is 1. The van der Waals surface area contributed by atoms with E-state index in [2.05, 4.69) is 19.9 Å². The fourth-order valence-electron chi connectivity index (χ4n) is 6.80. The van der Waals surface area contributed by atoms with Crippen LogP contribution in [-0.2, 0) is 19.3 Å². The summed E-state index contributed by atoms with van der Waals surface area (Å²) in [5, 5.41) is 10.5. The van der Waals surface area contributed by atoms with Gasteiger partial charge in [0.1, 0.15) is 5.84 Å². The van der Waals surface area contributed by atoms with Crippen LogP contribution in [0.5, 0.6) is 0 Å². The van der Waals surface area contributed by atoms with Crippen LogP contribution in [-0.4, -0.2) is 63.4 Å². The van der Waals surface area contributed by atoms with Crippen molar-refractivity contribution in [3.63, 3.8) is 0 Å². The van der Waals surface area contributed by atoms with E-state index in [9.17, 15) is 23.2 Å². The Hall–Kier alpha value is -3.55. The third-order valence-corrected chi connectivity index (χ3v) is 9.92. The number of hydrogen-bond acceptors (Lipinski definition) is 4. The van der Waals surface area contributed by atoms with Gasteiger partial charge in [-0.05, 0) is 79.5 Å². The number of aromatic amines is 1. The molecule has 0 spiro atoms. The first-order valence-corrected chi connectivity index (χ1v) is 15.6. The zero-order valence-electron chi connectivity index (χ0n) is 23.9. The number of alkyl halides is 3. The highest BCUT2D eigenvalue weighted by molar-refractivity contribution is 6.36. The topological polar surface area (TPSA) is 88.4 Å². The lowest BCUT2D eigenvalue weighted by molar-refractivity contribution is -0.183. The number of piperidine rings is 1. The van der Waals surface area contributed by atoms with Gasteiger partial charge in [0.25, 0.3) is 5.91 Å². The maximum absolute atomic E-state index is 13.0. The van der Waals surface area contributed by atoms with Gasteiger partial charge in [0.2, 0.25) is 6.19 Å². The first kappa shape index (κ1) is 30.5. The van der Waals surface area contributed by atoms with Gasteiger partial charge in [-0.2, -0.15) is 23.4 Å². The highest BCUT2D eigenvalue weighted by atomic mass is 35.5. The first-order chi connectivity index (χ1) is 21.1. The van der Waals surface area contributed by atoms with E-state index in [1.165, 1.54) is 4.90 Å². The molecule has 230 valence electrons. The van der Waals surface area contributed by atoms with E-state index in [4.69, 9.17) is 23.2 Å². The minimum absolute atomic E-state index is 0.00478. The number of carbonyl (C=O) groups excluding carboxylic acids is 1. The predicted molar refractivity (Wildman–Crippen MR) is 163 cm³/mol. The molecule has 7 nitrogen and oxygen atoms in total. The quantitative estimate of drug-likeness (QED) is 0.301. The molecule has 6 rings (SSSR count). The summed E-state index contributed by atoms with van der Waals surface area (Å²) < 4.78 is 39.0.